The molecular weight excluding hydrogens is 264 g/mol. The van der Waals surface area contributed by atoms with Crippen molar-refractivity contribution in [2.45, 2.75) is 50.7 Å². The average molecular weight is 287 g/mol. The second kappa shape index (κ2) is 6.63. The van der Waals surface area contributed by atoms with Crippen molar-refractivity contribution in [2.24, 2.45) is 0 Å². The van der Waals surface area contributed by atoms with E-state index in [9.17, 15) is 0 Å². The molecule has 0 radical (unpaired) electrons. The van der Waals surface area contributed by atoms with Crippen LogP contribution in [-0.4, -0.2) is 51.3 Å². The molecule has 1 atom stereocenters. The van der Waals surface area contributed by atoms with Gasteiger partial charge in [-0.1, -0.05) is 0 Å². The monoisotopic (exact) mass is 286 g/mol. The van der Waals surface area contributed by atoms with Gasteiger partial charge in [0, 0.05) is 6.04 Å². The van der Waals surface area contributed by atoms with Gasteiger partial charge in [0.25, 0.3) is 0 Å². The SMILES string of the molecule is CN(Cc1nnnn1C1CC1)C1CCCNCC1.Cl. The largest absolute Gasteiger partial charge is 0.317 e. The zero-order valence-corrected chi connectivity index (χ0v) is 12.3. The molecule has 0 aromatic carbocycles. The predicted octanol–water partition coefficient (Wildman–Crippen LogP) is 1.00. The Balaban J connectivity index is 0.00000133. The average Bonchev–Trinajstić information content (AvgIpc) is 3.16. The van der Waals surface area contributed by atoms with Crippen LogP contribution in [0.1, 0.15) is 44.0 Å². The van der Waals surface area contributed by atoms with Crippen molar-refractivity contribution >= 4 is 12.4 Å². The molecule has 1 saturated heterocycles. The minimum absolute atomic E-state index is 0. The molecule has 1 saturated carbocycles. The van der Waals surface area contributed by atoms with Crippen LogP contribution < -0.4 is 5.32 Å². The summed E-state index contributed by atoms with van der Waals surface area (Å²) in [6.07, 6.45) is 6.22. The molecule has 0 amide bonds. The molecule has 0 bridgehead atoms. The Morgan fingerprint density at radius 1 is 1.26 bits per heavy atom. The van der Waals surface area contributed by atoms with Crippen molar-refractivity contribution in [3.05, 3.63) is 5.82 Å². The molecule has 1 unspecified atom stereocenters. The number of nitrogens with one attached hydrogen (secondary N) is 1. The standard InChI is InChI=1S/C12H22N6.ClH/c1-17(10-3-2-7-13-8-6-10)9-12-14-15-16-18(12)11-4-5-11;/h10-11,13H,2-9H2,1H3;1H. The highest BCUT2D eigenvalue weighted by Gasteiger charge is 2.28. The van der Waals surface area contributed by atoms with Crippen LogP contribution in [0.3, 0.4) is 0 Å². The van der Waals surface area contributed by atoms with E-state index in [1.54, 1.807) is 0 Å². The van der Waals surface area contributed by atoms with Crippen LogP contribution in [0.2, 0.25) is 0 Å². The number of hydrogen-bond acceptors (Lipinski definition) is 5. The zero-order chi connectivity index (χ0) is 12.4. The molecule has 2 heterocycles. The van der Waals surface area contributed by atoms with Crippen LogP contribution in [0, 0.1) is 0 Å². The van der Waals surface area contributed by atoms with Gasteiger partial charge in [-0.2, -0.15) is 0 Å². The molecule has 1 aromatic rings. The van der Waals surface area contributed by atoms with E-state index in [2.05, 4.69) is 32.8 Å². The highest BCUT2D eigenvalue weighted by Crippen LogP contribution is 2.34. The third-order valence-electron chi connectivity index (χ3n) is 4.01. The first-order valence-corrected chi connectivity index (χ1v) is 7.02. The molecular formula is C12H23ClN6. The molecule has 2 aliphatic rings. The molecule has 108 valence electrons. The Hall–Kier alpha value is -0.720. The fourth-order valence-electron chi connectivity index (χ4n) is 2.71. The van der Waals surface area contributed by atoms with Gasteiger partial charge in [0.05, 0.1) is 12.6 Å². The summed E-state index contributed by atoms with van der Waals surface area (Å²) in [4.78, 5) is 2.41. The smallest absolute Gasteiger partial charge is 0.165 e. The summed E-state index contributed by atoms with van der Waals surface area (Å²) < 4.78 is 2.02. The lowest BCUT2D eigenvalue weighted by atomic mass is 10.1. The first kappa shape index (κ1) is 14.7. The lowest BCUT2D eigenvalue weighted by Gasteiger charge is -2.26. The minimum Gasteiger partial charge on any atom is -0.317 e. The minimum atomic E-state index is 0. The Morgan fingerprint density at radius 2 is 2.11 bits per heavy atom. The zero-order valence-electron chi connectivity index (χ0n) is 11.5. The number of aromatic nitrogens is 4. The van der Waals surface area contributed by atoms with Crippen molar-refractivity contribution in [1.82, 2.24) is 30.4 Å². The van der Waals surface area contributed by atoms with Gasteiger partial charge in [-0.15, -0.1) is 17.5 Å². The van der Waals surface area contributed by atoms with E-state index in [0.29, 0.717) is 12.1 Å². The number of hydrogen-bond donors (Lipinski definition) is 1. The van der Waals surface area contributed by atoms with E-state index in [1.165, 1.54) is 32.1 Å². The number of halogens is 1. The molecule has 1 aromatic heterocycles. The van der Waals surface area contributed by atoms with Crippen molar-refractivity contribution in [1.29, 1.82) is 0 Å². The molecule has 1 N–H and O–H groups in total. The van der Waals surface area contributed by atoms with Gasteiger partial charge in [0.1, 0.15) is 0 Å². The van der Waals surface area contributed by atoms with Gasteiger partial charge in [-0.05, 0) is 62.7 Å². The van der Waals surface area contributed by atoms with Gasteiger partial charge in [0.2, 0.25) is 0 Å². The Labute approximate surface area is 120 Å². The molecule has 1 aliphatic heterocycles. The highest BCUT2D eigenvalue weighted by molar-refractivity contribution is 5.85. The predicted molar refractivity (Wildman–Crippen MR) is 75.3 cm³/mol. The van der Waals surface area contributed by atoms with E-state index in [4.69, 9.17) is 0 Å². The summed E-state index contributed by atoms with van der Waals surface area (Å²) in [6.45, 7) is 3.15. The van der Waals surface area contributed by atoms with Gasteiger partial charge < -0.3 is 5.32 Å². The van der Waals surface area contributed by atoms with Crippen LogP contribution in [-0.2, 0) is 6.54 Å². The van der Waals surface area contributed by atoms with Crippen LogP contribution >= 0.6 is 12.4 Å². The van der Waals surface area contributed by atoms with Gasteiger partial charge in [-0.3, -0.25) is 4.90 Å². The van der Waals surface area contributed by atoms with Crippen LogP contribution in [0.15, 0.2) is 0 Å². The molecule has 19 heavy (non-hydrogen) atoms. The number of nitrogens with zero attached hydrogens (tertiary/aromatic N) is 5. The van der Waals surface area contributed by atoms with E-state index >= 15 is 0 Å². The maximum atomic E-state index is 4.18. The molecule has 7 heteroatoms. The lowest BCUT2D eigenvalue weighted by molar-refractivity contribution is 0.208. The van der Waals surface area contributed by atoms with Gasteiger partial charge >= 0.3 is 0 Å². The van der Waals surface area contributed by atoms with Crippen LogP contribution in [0.5, 0.6) is 0 Å². The number of rotatable bonds is 4. The summed E-state index contributed by atoms with van der Waals surface area (Å²) in [5.74, 6) is 1.03. The Bertz CT molecular complexity index is 383. The Morgan fingerprint density at radius 3 is 2.89 bits per heavy atom. The molecule has 1 aliphatic carbocycles. The summed E-state index contributed by atoms with van der Waals surface area (Å²) in [5, 5.41) is 15.6. The van der Waals surface area contributed by atoms with Crippen LogP contribution in [0.25, 0.3) is 0 Å². The summed E-state index contributed by atoms with van der Waals surface area (Å²) in [6, 6.07) is 1.23. The molecule has 3 rings (SSSR count). The highest BCUT2D eigenvalue weighted by atomic mass is 35.5. The normalized spacial score (nSPS) is 24.0. The summed E-state index contributed by atoms with van der Waals surface area (Å²) in [7, 11) is 2.20. The lowest BCUT2D eigenvalue weighted by Crippen LogP contribution is -2.33. The first-order chi connectivity index (χ1) is 8.84. The van der Waals surface area contributed by atoms with Gasteiger partial charge in [0.15, 0.2) is 5.82 Å². The third kappa shape index (κ3) is 3.64. The maximum Gasteiger partial charge on any atom is 0.165 e. The Kier molecular flexibility index (Phi) is 5.13. The van der Waals surface area contributed by atoms with Crippen molar-refractivity contribution < 1.29 is 0 Å². The first-order valence-electron chi connectivity index (χ1n) is 7.02. The number of tetrazole rings is 1. The van der Waals surface area contributed by atoms with E-state index in [-0.39, 0.29) is 12.4 Å². The quantitative estimate of drug-likeness (QED) is 0.895. The van der Waals surface area contributed by atoms with E-state index < -0.39 is 0 Å². The van der Waals surface area contributed by atoms with Crippen molar-refractivity contribution in [3.8, 4) is 0 Å². The molecule has 2 fully saturated rings. The van der Waals surface area contributed by atoms with E-state index in [0.717, 1.165) is 25.5 Å². The fourth-order valence-corrected chi connectivity index (χ4v) is 2.71. The summed E-state index contributed by atoms with van der Waals surface area (Å²) >= 11 is 0. The molecule has 0 spiro atoms. The van der Waals surface area contributed by atoms with Crippen molar-refractivity contribution in [3.63, 3.8) is 0 Å². The van der Waals surface area contributed by atoms with Crippen LogP contribution in [0.4, 0.5) is 0 Å². The second-order valence-corrected chi connectivity index (χ2v) is 5.52. The van der Waals surface area contributed by atoms with E-state index in [1.807, 2.05) is 4.68 Å². The fraction of sp³-hybridized carbons (Fsp3) is 0.917. The summed E-state index contributed by atoms with van der Waals surface area (Å²) in [5.41, 5.74) is 0. The third-order valence-corrected chi connectivity index (χ3v) is 4.01. The van der Waals surface area contributed by atoms with Gasteiger partial charge in [-0.25, -0.2) is 4.68 Å². The molecule has 6 nitrogen and oxygen atoms in total. The van der Waals surface area contributed by atoms with Crippen molar-refractivity contribution in [2.75, 3.05) is 20.1 Å². The maximum absolute atomic E-state index is 4.18. The second-order valence-electron chi connectivity index (χ2n) is 5.52. The topological polar surface area (TPSA) is 58.9 Å².